The van der Waals surface area contributed by atoms with E-state index in [4.69, 9.17) is 14.6 Å². The van der Waals surface area contributed by atoms with Crippen LogP contribution in [0.1, 0.15) is 24.8 Å². The molecule has 0 atom stereocenters. The Balaban J connectivity index is 1.62. The minimum Gasteiger partial charge on any atom is -0.491 e. The summed E-state index contributed by atoms with van der Waals surface area (Å²) in [4.78, 5) is 37.4. The van der Waals surface area contributed by atoms with Crippen LogP contribution in [-0.2, 0) is 25.5 Å². The van der Waals surface area contributed by atoms with Gasteiger partial charge in [0, 0.05) is 13.1 Å². The van der Waals surface area contributed by atoms with Gasteiger partial charge in [0.05, 0.1) is 12.0 Å². The van der Waals surface area contributed by atoms with Crippen LogP contribution >= 0.6 is 0 Å². The minimum absolute atomic E-state index is 0.0150. The Morgan fingerprint density at radius 2 is 1.93 bits per heavy atom. The maximum Gasteiger partial charge on any atom is 0.329 e. The van der Waals surface area contributed by atoms with Crippen LogP contribution < -0.4 is 10.1 Å². The molecule has 0 saturated carbocycles. The van der Waals surface area contributed by atoms with Crippen molar-refractivity contribution in [1.29, 1.82) is 0 Å². The van der Waals surface area contributed by atoms with Crippen LogP contribution in [0, 0.1) is 5.41 Å². The number of nitrogens with zero attached hydrogens (tertiary/aromatic N) is 1. The molecule has 1 spiro atoms. The van der Waals surface area contributed by atoms with Crippen LogP contribution in [0.4, 0.5) is 0 Å². The first-order chi connectivity index (χ1) is 14.5. The van der Waals surface area contributed by atoms with Crippen molar-refractivity contribution in [2.45, 2.75) is 25.7 Å². The number of aliphatic carboxylic acids is 1. The first-order valence-corrected chi connectivity index (χ1v) is 10.2. The second kappa shape index (κ2) is 10.2. The molecule has 30 heavy (non-hydrogen) atoms. The molecule has 162 valence electrons. The van der Waals surface area contributed by atoms with E-state index in [1.807, 2.05) is 30.3 Å². The molecule has 1 saturated heterocycles. The number of fused-ring (bicyclic) bond motifs is 1. The molecule has 2 aliphatic rings. The molecule has 8 nitrogen and oxygen atoms in total. The molecule has 0 bridgehead atoms. The van der Waals surface area contributed by atoms with Crippen LogP contribution in [0.2, 0.25) is 0 Å². The van der Waals surface area contributed by atoms with Gasteiger partial charge in [0.2, 0.25) is 11.8 Å². The summed E-state index contributed by atoms with van der Waals surface area (Å²) in [6.07, 6.45) is 6.55. The third-order valence-corrected chi connectivity index (χ3v) is 5.64. The predicted octanol–water partition coefficient (Wildman–Crippen LogP) is 1.39. The minimum atomic E-state index is -1.11. The number of piperidine rings is 1. The smallest absolute Gasteiger partial charge is 0.329 e. The van der Waals surface area contributed by atoms with E-state index < -0.39 is 18.0 Å². The first-order valence-electron chi connectivity index (χ1n) is 10.2. The Morgan fingerprint density at radius 3 is 2.70 bits per heavy atom. The molecule has 3 rings (SSSR count). The molecule has 0 aliphatic carbocycles. The highest BCUT2D eigenvalue weighted by Crippen LogP contribution is 2.36. The quantitative estimate of drug-likeness (QED) is 0.719. The predicted molar refractivity (Wildman–Crippen MR) is 109 cm³/mol. The third-order valence-electron chi connectivity index (χ3n) is 5.64. The lowest BCUT2D eigenvalue weighted by molar-refractivity contribution is -0.148. The first kappa shape index (κ1) is 21.8. The van der Waals surface area contributed by atoms with Crippen LogP contribution in [0.15, 0.2) is 36.4 Å². The van der Waals surface area contributed by atoms with Gasteiger partial charge in [-0.2, -0.15) is 0 Å². The maximum absolute atomic E-state index is 13.0. The van der Waals surface area contributed by atoms with Gasteiger partial charge in [-0.25, -0.2) is 4.79 Å². The van der Waals surface area contributed by atoms with E-state index in [2.05, 4.69) is 11.4 Å². The Kier molecular flexibility index (Phi) is 7.46. The number of ether oxygens (including phenoxy) is 2. The summed E-state index contributed by atoms with van der Waals surface area (Å²) in [5.41, 5.74) is 0.546. The number of carbonyl (C=O) groups is 3. The lowest BCUT2D eigenvalue weighted by atomic mass is 9.74. The zero-order chi connectivity index (χ0) is 21.4. The fourth-order valence-electron chi connectivity index (χ4n) is 3.87. The van der Waals surface area contributed by atoms with E-state index >= 15 is 0 Å². The number of nitrogens with one attached hydrogen (secondary N) is 1. The SMILES string of the molecule is O=C(O)COCC(=O)N1CCC2(C/C=C/Cc3ccccc3OCCNC2=O)CC1. The van der Waals surface area contributed by atoms with E-state index in [-0.39, 0.29) is 18.4 Å². The lowest BCUT2D eigenvalue weighted by Gasteiger charge is -2.40. The highest BCUT2D eigenvalue weighted by molar-refractivity contribution is 5.84. The standard InChI is InChI=1S/C22H28N2O6/c25-19(15-29-16-20(26)27)24-12-9-22(10-13-24)8-4-3-6-17-5-1-2-7-18(17)30-14-11-23-21(22)28/h1-5,7H,6,8-16H2,(H,23,28)(H,26,27)/b4-3+. The Bertz CT molecular complexity index is 799. The van der Waals surface area contributed by atoms with Gasteiger partial charge in [0.25, 0.3) is 0 Å². The zero-order valence-electron chi connectivity index (χ0n) is 17.0. The number of hydrogen-bond acceptors (Lipinski definition) is 5. The molecular weight excluding hydrogens is 388 g/mol. The second-order valence-electron chi connectivity index (χ2n) is 7.64. The summed E-state index contributed by atoms with van der Waals surface area (Å²) in [7, 11) is 0. The fourth-order valence-corrected chi connectivity index (χ4v) is 3.87. The van der Waals surface area contributed by atoms with Gasteiger partial charge in [-0.1, -0.05) is 30.4 Å². The van der Waals surface area contributed by atoms with Crippen molar-refractivity contribution < 1.29 is 29.0 Å². The van der Waals surface area contributed by atoms with Gasteiger partial charge in [0.15, 0.2) is 0 Å². The second-order valence-corrected chi connectivity index (χ2v) is 7.64. The molecule has 1 aromatic rings. The zero-order valence-corrected chi connectivity index (χ0v) is 17.0. The normalized spacial score (nSPS) is 20.1. The van der Waals surface area contributed by atoms with Crippen LogP contribution in [-0.4, -0.2) is 67.2 Å². The highest BCUT2D eigenvalue weighted by atomic mass is 16.5. The number of allylic oxidation sites excluding steroid dienone is 2. The number of benzene rings is 1. The number of carbonyl (C=O) groups excluding carboxylic acids is 2. The molecule has 2 aliphatic heterocycles. The topological polar surface area (TPSA) is 105 Å². The Hall–Kier alpha value is -2.87. The van der Waals surface area contributed by atoms with Crippen molar-refractivity contribution in [3.8, 4) is 5.75 Å². The Labute approximate surface area is 175 Å². The van der Waals surface area contributed by atoms with E-state index in [0.29, 0.717) is 45.5 Å². The molecule has 8 heteroatoms. The summed E-state index contributed by atoms with van der Waals surface area (Å²) < 4.78 is 10.7. The molecule has 2 amide bonds. The molecule has 1 fully saturated rings. The van der Waals surface area contributed by atoms with Gasteiger partial charge >= 0.3 is 5.97 Å². The third kappa shape index (κ3) is 5.60. The average molecular weight is 416 g/mol. The average Bonchev–Trinajstić information content (AvgIpc) is 2.74. The van der Waals surface area contributed by atoms with E-state index in [1.165, 1.54) is 0 Å². The number of carboxylic acids is 1. The van der Waals surface area contributed by atoms with Crippen LogP contribution in [0.3, 0.4) is 0 Å². The van der Waals surface area contributed by atoms with Crippen molar-refractivity contribution in [3.05, 3.63) is 42.0 Å². The number of likely N-dealkylation sites (tertiary alicyclic amines) is 1. The number of para-hydroxylation sites is 1. The van der Waals surface area contributed by atoms with Gasteiger partial charge < -0.3 is 24.8 Å². The molecule has 0 radical (unpaired) electrons. The number of hydrogen-bond donors (Lipinski definition) is 2. The van der Waals surface area contributed by atoms with Crippen molar-refractivity contribution in [2.75, 3.05) is 39.5 Å². The number of rotatable bonds is 4. The van der Waals surface area contributed by atoms with E-state index in [9.17, 15) is 14.4 Å². The molecule has 0 aromatic heterocycles. The van der Waals surface area contributed by atoms with Gasteiger partial charge in [-0.05, 0) is 37.3 Å². The number of amides is 2. The molecule has 2 N–H and O–H groups in total. The van der Waals surface area contributed by atoms with Crippen molar-refractivity contribution in [3.63, 3.8) is 0 Å². The van der Waals surface area contributed by atoms with E-state index in [1.54, 1.807) is 4.90 Å². The summed E-state index contributed by atoms with van der Waals surface area (Å²) in [5.74, 6) is -0.536. The van der Waals surface area contributed by atoms with E-state index in [0.717, 1.165) is 17.7 Å². The summed E-state index contributed by atoms with van der Waals surface area (Å²) >= 11 is 0. The number of carboxylic acid groups (broad SMARTS) is 1. The molecule has 1 aromatic carbocycles. The monoisotopic (exact) mass is 416 g/mol. The van der Waals surface area contributed by atoms with Crippen LogP contribution in [0.5, 0.6) is 5.75 Å². The molecule has 2 heterocycles. The largest absolute Gasteiger partial charge is 0.491 e. The summed E-state index contributed by atoms with van der Waals surface area (Å²) in [6.45, 7) is 0.939. The van der Waals surface area contributed by atoms with Gasteiger partial charge in [0.1, 0.15) is 25.6 Å². The summed E-state index contributed by atoms with van der Waals surface area (Å²) in [5, 5.41) is 11.6. The lowest BCUT2D eigenvalue weighted by Crippen LogP contribution is -2.51. The van der Waals surface area contributed by atoms with Crippen molar-refractivity contribution in [1.82, 2.24) is 10.2 Å². The van der Waals surface area contributed by atoms with Gasteiger partial charge in [-0.3, -0.25) is 9.59 Å². The maximum atomic E-state index is 13.0. The fraction of sp³-hybridized carbons (Fsp3) is 0.500. The van der Waals surface area contributed by atoms with Crippen molar-refractivity contribution in [2.24, 2.45) is 5.41 Å². The molecular formula is C22H28N2O6. The van der Waals surface area contributed by atoms with Crippen LogP contribution in [0.25, 0.3) is 0 Å². The molecule has 0 unspecified atom stereocenters. The highest BCUT2D eigenvalue weighted by Gasteiger charge is 2.41. The summed E-state index contributed by atoms with van der Waals surface area (Å²) in [6, 6.07) is 7.89. The van der Waals surface area contributed by atoms with Gasteiger partial charge in [-0.15, -0.1) is 0 Å². The van der Waals surface area contributed by atoms with Crippen molar-refractivity contribution >= 4 is 17.8 Å². The Morgan fingerprint density at radius 1 is 1.17 bits per heavy atom.